The summed E-state index contributed by atoms with van der Waals surface area (Å²) in [6.07, 6.45) is 0. The van der Waals surface area contributed by atoms with Crippen LogP contribution in [0.15, 0.2) is 48.5 Å². The number of carbonyl (C=O) groups excluding carboxylic acids is 1. The largest absolute Gasteiger partial charge is 0.497 e. The second kappa shape index (κ2) is 7.66. The molecule has 2 aromatic carbocycles. The number of nitrogens with zero attached hydrogens (tertiary/aromatic N) is 2. The number of hydrogen-bond donors (Lipinski definition) is 0. The van der Waals surface area contributed by atoms with Gasteiger partial charge in [0.25, 0.3) is 0 Å². The molecule has 5 nitrogen and oxygen atoms in total. The zero-order valence-electron chi connectivity index (χ0n) is 16.3. The number of aryl methyl sites for hydroxylation is 2. The lowest BCUT2D eigenvalue weighted by molar-refractivity contribution is 0.0722. The molecule has 140 valence electrons. The number of hydrogen-bond acceptors (Lipinski definition) is 4. The number of aromatic nitrogens is 2. The number of methoxy groups -OCH3 is 1. The fraction of sp³-hybridized carbons (Fsp3) is 0.273. The van der Waals surface area contributed by atoms with Crippen LogP contribution < -0.4 is 9.47 Å². The van der Waals surface area contributed by atoms with Crippen molar-refractivity contribution in [2.75, 3.05) is 7.11 Å². The van der Waals surface area contributed by atoms with Gasteiger partial charge >= 0.3 is 5.97 Å². The van der Waals surface area contributed by atoms with Crippen LogP contribution in [0.25, 0.3) is 5.69 Å². The monoisotopic (exact) mass is 364 g/mol. The molecule has 0 unspecified atom stereocenters. The molecule has 3 aromatic rings. The number of ether oxygens (including phenoxy) is 2. The fourth-order valence-corrected chi connectivity index (χ4v) is 2.86. The molecule has 0 saturated heterocycles. The van der Waals surface area contributed by atoms with Crippen LogP contribution >= 0.6 is 0 Å². The first-order valence-electron chi connectivity index (χ1n) is 8.93. The van der Waals surface area contributed by atoms with E-state index in [1.54, 1.807) is 36.1 Å². The van der Waals surface area contributed by atoms with Crippen LogP contribution in [-0.4, -0.2) is 22.9 Å². The Bertz CT molecular complexity index is 973. The average Bonchev–Trinajstić information content (AvgIpc) is 3.05. The Kier molecular flexibility index (Phi) is 5.31. The molecular formula is C22H24N2O3. The molecule has 5 heteroatoms. The van der Waals surface area contributed by atoms with Crippen LogP contribution in [0.1, 0.15) is 46.9 Å². The predicted molar refractivity (Wildman–Crippen MR) is 105 cm³/mol. The molecule has 0 bridgehead atoms. The molecule has 0 radical (unpaired) electrons. The summed E-state index contributed by atoms with van der Waals surface area (Å²) in [6, 6.07) is 14.8. The molecule has 0 amide bonds. The summed E-state index contributed by atoms with van der Waals surface area (Å²) in [5.74, 6) is 0.773. The van der Waals surface area contributed by atoms with Crippen molar-refractivity contribution in [2.24, 2.45) is 0 Å². The molecule has 0 saturated carbocycles. The van der Waals surface area contributed by atoms with Gasteiger partial charge in [0.05, 0.1) is 24.1 Å². The van der Waals surface area contributed by atoms with Gasteiger partial charge in [-0.1, -0.05) is 37.6 Å². The molecule has 0 aliphatic rings. The van der Waals surface area contributed by atoms with E-state index < -0.39 is 5.97 Å². The van der Waals surface area contributed by atoms with Gasteiger partial charge in [0, 0.05) is 6.07 Å². The molecule has 1 aromatic heterocycles. The van der Waals surface area contributed by atoms with E-state index in [2.05, 4.69) is 25.0 Å². The van der Waals surface area contributed by atoms with Crippen molar-refractivity contribution >= 4 is 5.97 Å². The van der Waals surface area contributed by atoms with Crippen molar-refractivity contribution < 1.29 is 14.3 Å². The molecule has 0 N–H and O–H groups in total. The maximum absolute atomic E-state index is 12.7. The Hall–Kier alpha value is -3.08. The molecule has 3 rings (SSSR count). The number of esters is 1. The third-order valence-corrected chi connectivity index (χ3v) is 4.37. The Morgan fingerprint density at radius 3 is 2.52 bits per heavy atom. The van der Waals surface area contributed by atoms with Crippen LogP contribution in [-0.2, 0) is 0 Å². The third-order valence-electron chi connectivity index (χ3n) is 4.37. The molecule has 1 heterocycles. The molecule has 0 aliphatic carbocycles. The predicted octanol–water partition coefficient (Wildman–Crippen LogP) is 4.84. The smallest absolute Gasteiger partial charge is 0.344 e. The second-order valence-electron chi connectivity index (χ2n) is 6.89. The zero-order chi connectivity index (χ0) is 19.6. The van der Waals surface area contributed by atoms with Crippen LogP contribution in [0.4, 0.5) is 0 Å². The minimum Gasteiger partial charge on any atom is -0.497 e. The molecule has 0 fully saturated rings. The van der Waals surface area contributed by atoms with Gasteiger partial charge in [-0.05, 0) is 49.6 Å². The first-order chi connectivity index (χ1) is 12.9. The van der Waals surface area contributed by atoms with Crippen molar-refractivity contribution in [3.05, 3.63) is 70.9 Å². The van der Waals surface area contributed by atoms with Gasteiger partial charge in [0.15, 0.2) is 0 Å². The summed E-state index contributed by atoms with van der Waals surface area (Å²) in [6.45, 7) is 8.18. The van der Waals surface area contributed by atoms with Gasteiger partial charge in [-0.15, -0.1) is 0 Å². The minimum atomic E-state index is -0.449. The maximum atomic E-state index is 12.7. The van der Waals surface area contributed by atoms with E-state index in [0.717, 1.165) is 16.9 Å². The third kappa shape index (κ3) is 4.03. The summed E-state index contributed by atoms with van der Waals surface area (Å²) >= 11 is 0. The molecule has 0 aliphatic heterocycles. The van der Waals surface area contributed by atoms with Crippen molar-refractivity contribution in [3.63, 3.8) is 0 Å². The highest BCUT2D eigenvalue weighted by atomic mass is 16.5. The highest BCUT2D eigenvalue weighted by Crippen LogP contribution is 2.27. The highest BCUT2D eigenvalue weighted by Gasteiger charge is 2.18. The van der Waals surface area contributed by atoms with E-state index in [1.807, 2.05) is 32.0 Å². The van der Waals surface area contributed by atoms with Crippen LogP contribution in [0.5, 0.6) is 11.6 Å². The van der Waals surface area contributed by atoms with Gasteiger partial charge < -0.3 is 9.47 Å². The molecule has 27 heavy (non-hydrogen) atoms. The van der Waals surface area contributed by atoms with Crippen molar-refractivity contribution in [1.29, 1.82) is 0 Å². The van der Waals surface area contributed by atoms with E-state index in [9.17, 15) is 4.79 Å². The number of carbonyl (C=O) groups is 1. The van der Waals surface area contributed by atoms with Gasteiger partial charge in [0.1, 0.15) is 5.75 Å². The maximum Gasteiger partial charge on any atom is 0.344 e. The molecule has 0 atom stereocenters. The summed E-state index contributed by atoms with van der Waals surface area (Å²) in [7, 11) is 1.56. The molecule has 0 spiro atoms. The van der Waals surface area contributed by atoms with E-state index >= 15 is 0 Å². The lowest BCUT2D eigenvalue weighted by Gasteiger charge is -2.11. The summed E-state index contributed by atoms with van der Waals surface area (Å²) in [4.78, 5) is 12.7. The van der Waals surface area contributed by atoms with E-state index in [0.29, 0.717) is 17.2 Å². The lowest BCUT2D eigenvalue weighted by atomic mass is 10.1. The highest BCUT2D eigenvalue weighted by molar-refractivity contribution is 5.91. The van der Waals surface area contributed by atoms with Crippen LogP contribution in [0.2, 0.25) is 0 Å². The average molecular weight is 364 g/mol. The van der Waals surface area contributed by atoms with Gasteiger partial charge in [-0.2, -0.15) is 5.10 Å². The zero-order valence-corrected chi connectivity index (χ0v) is 16.3. The van der Waals surface area contributed by atoms with E-state index in [4.69, 9.17) is 9.47 Å². The Morgan fingerprint density at radius 2 is 1.85 bits per heavy atom. The summed E-state index contributed by atoms with van der Waals surface area (Å²) < 4.78 is 12.6. The van der Waals surface area contributed by atoms with Crippen LogP contribution in [0, 0.1) is 13.8 Å². The molecular weight excluding hydrogens is 340 g/mol. The van der Waals surface area contributed by atoms with Crippen LogP contribution in [0.3, 0.4) is 0 Å². The Balaban J connectivity index is 2.00. The second-order valence-corrected chi connectivity index (χ2v) is 6.89. The number of rotatable bonds is 5. The summed E-state index contributed by atoms with van der Waals surface area (Å²) in [5, 5.41) is 4.67. The van der Waals surface area contributed by atoms with Gasteiger partial charge in [-0.3, -0.25) is 0 Å². The van der Waals surface area contributed by atoms with Crippen molar-refractivity contribution in [1.82, 2.24) is 9.78 Å². The van der Waals surface area contributed by atoms with Crippen molar-refractivity contribution in [2.45, 2.75) is 33.6 Å². The topological polar surface area (TPSA) is 53.4 Å². The first kappa shape index (κ1) is 18.7. The first-order valence-corrected chi connectivity index (χ1v) is 8.93. The number of benzene rings is 2. The van der Waals surface area contributed by atoms with Gasteiger partial charge in [-0.25, -0.2) is 9.48 Å². The van der Waals surface area contributed by atoms with E-state index in [-0.39, 0.29) is 5.92 Å². The normalized spacial score (nSPS) is 10.9. The van der Waals surface area contributed by atoms with E-state index in [1.165, 1.54) is 5.56 Å². The van der Waals surface area contributed by atoms with Crippen molar-refractivity contribution in [3.8, 4) is 17.3 Å². The standard InChI is InChI=1S/C22H24N2O3/c1-14(2)19-13-21(24(23-19)20-10-9-15(3)11-16(20)4)27-22(25)17-7-6-8-18(12-17)26-5/h6-14H,1-5H3. The fourth-order valence-electron chi connectivity index (χ4n) is 2.86. The minimum absolute atomic E-state index is 0.214. The Morgan fingerprint density at radius 1 is 1.07 bits per heavy atom. The quantitative estimate of drug-likeness (QED) is 0.608. The Labute approximate surface area is 159 Å². The SMILES string of the molecule is COc1cccc(C(=O)Oc2cc(C(C)C)nn2-c2ccc(C)cc2C)c1. The summed E-state index contributed by atoms with van der Waals surface area (Å²) in [5.41, 5.74) is 4.41. The van der Waals surface area contributed by atoms with Gasteiger partial charge in [0.2, 0.25) is 5.88 Å². The lowest BCUT2D eigenvalue weighted by Crippen LogP contribution is -2.12.